The molecule has 3 aromatic rings. The van der Waals surface area contributed by atoms with Crippen LogP contribution in [-0.2, 0) is 17.8 Å². The second-order valence-corrected chi connectivity index (χ2v) is 7.98. The minimum absolute atomic E-state index is 0.0670. The summed E-state index contributed by atoms with van der Waals surface area (Å²) in [6, 6.07) is 17.4. The number of piperazine rings is 1. The molecule has 1 aromatic carbocycles. The highest BCUT2D eigenvalue weighted by Gasteiger charge is 2.50. The molecule has 0 bridgehead atoms. The van der Waals surface area contributed by atoms with Crippen LogP contribution in [0.2, 0.25) is 0 Å². The van der Waals surface area contributed by atoms with Gasteiger partial charge in [0.15, 0.2) is 0 Å². The zero-order valence-corrected chi connectivity index (χ0v) is 17.6. The fourth-order valence-corrected chi connectivity index (χ4v) is 4.66. The van der Waals surface area contributed by atoms with E-state index in [0.717, 1.165) is 30.0 Å². The monoisotopic (exact) mass is 419 g/mol. The van der Waals surface area contributed by atoms with Crippen molar-refractivity contribution in [3.8, 4) is 0 Å². The average Bonchev–Trinajstić information content (AvgIpc) is 2.80. The Morgan fingerprint density at radius 1 is 1.03 bits per heavy atom. The number of nitrogens with zero attached hydrogens (tertiary/aromatic N) is 4. The van der Waals surface area contributed by atoms with Crippen LogP contribution in [-0.4, -0.2) is 57.7 Å². The number of benzene rings is 1. The van der Waals surface area contributed by atoms with Crippen molar-refractivity contribution in [3.63, 3.8) is 0 Å². The van der Waals surface area contributed by atoms with E-state index >= 15 is 0 Å². The molecule has 2 N–H and O–H groups in total. The Bertz CT molecular complexity index is 1060. The van der Waals surface area contributed by atoms with Crippen LogP contribution in [0.5, 0.6) is 0 Å². The minimum atomic E-state index is -0.902. The van der Waals surface area contributed by atoms with Gasteiger partial charge in [-0.15, -0.1) is 0 Å². The van der Waals surface area contributed by atoms with Crippen molar-refractivity contribution in [2.24, 2.45) is 0 Å². The van der Waals surface area contributed by atoms with Gasteiger partial charge in [0.2, 0.25) is 11.6 Å². The number of aliphatic hydroxyl groups excluding tert-OH is 1. The molecule has 2 aromatic heterocycles. The summed E-state index contributed by atoms with van der Waals surface area (Å²) in [7, 11) is 2.09. The molecule has 0 spiro atoms. The Hall–Kier alpha value is -3.13. The summed E-state index contributed by atoms with van der Waals surface area (Å²) in [4.78, 5) is 23.4. The van der Waals surface area contributed by atoms with Gasteiger partial charge in [-0.3, -0.25) is 9.69 Å². The lowest BCUT2D eigenvalue weighted by molar-refractivity contribution is -0.136. The molecule has 0 radical (unpaired) electrons. The lowest BCUT2D eigenvalue weighted by atomic mass is 9.96. The van der Waals surface area contributed by atoms with Gasteiger partial charge in [0.1, 0.15) is 12.6 Å². The van der Waals surface area contributed by atoms with E-state index < -0.39 is 5.97 Å². The summed E-state index contributed by atoms with van der Waals surface area (Å²) >= 11 is 0. The number of aliphatic hydroxyl groups is 1. The van der Waals surface area contributed by atoms with Crippen LogP contribution in [0, 0.1) is 0 Å². The van der Waals surface area contributed by atoms with Crippen molar-refractivity contribution in [3.05, 3.63) is 83.7 Å². The van der Waals surface area contributed by atoms with Crippen LogP contribution in [0.15, 0.2) is 67.0 Å². The summed E-state index contributed by atoms with van der Waals surface area (Å²) in [5.74, 6) is 0.499. The second kappa shape index (κ2) is 8.93. The molecule has 0 aliphatic carbocycles. The third kappa shape index (κ3) is 3.95. The Kier molecular flexibility index (Phi) is 6.08. The molecular weight excluding hydrogens is 392 g/mol. The highest BCUT2D eigenvalue weighted by atomic mass is 16.4. The average molecular weight is 420 g/mol. The Morgan fingerprint density at radius 3 is 2.32 bits per heavy atom. The SMILES string of the molecule is CN1CC[N+](c2ncccc2CO)(c2ncccc2CC(=O)O)C(c2ccccc2)C1. The van der Waals surface area contributed by atoms with E-state index in [2.05, 4.69) is 24.1 Å². The third-order valence-corrected chi connectivity index (χ3v) is 6.04. The van der Waals surface area contributed by atoms with E-state index in [1.165, 1.54) is 0 Å². The Balaban J connectivity index is 2.04. The maximum Gasteiger partial charge on any atom is 0.308 e. The first kappa shape index (κ1) is 21.1. The standard InChI is InChI=1S/C24H26N4O3/c1-27-13-14-28(24-20(17-29)10-6-12-26-24,21(16-27)18-7-3-2-4-8-18)23-19(15-22(30)31)9-5-11-25-23/h2-12,21,29H,13-17H2,1H3/p+1. The summed E-state index contributed by atoms with van der Waals surface area (Å²) in [5.41, 5.74) is 2.51. The molecule has 7 nitrogen and oxygen atoms in total. The van der Waals surface area contributed by atoms with Gasteiger partial charge in [0.25, 0.3) is 0 Å². The number of hydrogen-bond donors (Lipinski definition) is 2. The molecular formula is C24H27N4O3+. The van der Waals surface area contributed by atoms with E-state index in [1.807, 2.05) is 36.4 Å². The first-order chi connectivity index (χ1) is 15.1. The number of quaternary nitrogens is 1. The van der Waals surface area contributed by atoms with Gasteiger partial charge in [0, 0.05) is 30.1 Å². The number of hydrogen-bond acceptors (Lipinski definition) is 5. The van der Waals surface area contributed by atoms with Gasteiger partial charge >= 0.3 is 5.97 Å². The smallest absolute Gasteiger partial charge is 0.308 e. The van der Waals surface area contributed by atoms with Crippen molar-refractivity contribution in [1.82, 2.24) is 19.4 Å². The molecule has 0 amide bonds. The molecule has 1 fully saturated rings. The normalized spacial score (nSPS) is 21.7. The van der Waals surface area contributed by atoms with E-state index in [9.17, 15) is 15.0 Å². The number of rotatable bonds is 6. The molecule has 4 rings (SSSR count). The fraction of sp³-hybridized carbons (Fsp3) is 0.292. The second-order valence-electron chi connectivity index (χ2n) is 7.98. The van der Waals surface area contributed by atoms with Gasteiger partial charge < -0.3 is 10.2 Å². The number of aliphatic carboxylic acids is 1. The van der Waals surface area contributed by atoms with Crippen LogP contribution < -0.4 is 4.48 Å². The zero-order chi connectivity index (χ0) is 21.8. The Morgan fingerprint density at radius 2 is 1.68 bits per heavy atom. The lowest BCUT2D eigenvalue weighted by Gasteiger charge is -2.48. The summed E-state index contributed by atoms with van der Waals surface area (Å²) in [6.45, 7) is 2.04. The van der Waals surface area contributed by atoms with Gasteiger partial charge in [0.05, 0.1) is 25.1 Å². The molecule has 7 heteroatoms. The van der Waals surface area contributed by atoms with Crippen LogP contribution in [0.1, 0.15) is 22.7 Å². The first-order valence-electron chi connectivity index (χ1n) is 10.4. The van der Waals surface area contributed by atoms with Gasteiger partial charge in [-0.25, -0.2) is 14.5 Å². The topological polar surface area (TPSA) is 86.5 Å². The van der Waals surface area contributed by atoms with Crippen LogP contribution in [0.3, 0.4) is 0 Å². The van der Waals surface area contributed by atoms with Crippen LogP contribution >= 0.6 is 0 Å². The largest absolute Gasteiger partial charge is 0.481 e. The predicted molar refractivity (Wildman–Crippen MR) is 119 cm³/mol. The maximum atomic E-state index is 11.7. The molecule has 2 atom stereocenters. The molecule has 160 valence electrons. The summed E-state index contributed by atoms with van der Waals surface area (Å²) in [6.07, 6.45) is 3.32. The van der Waals surface area contributed by atoms with E-state index in [0.29, 0.717) is 17.9 Å². The highest BCUT2D eigenvalue weighted by Crippen LogP contribution is 2.46. The highest BCUT2D eigenvalue weighted by molar-refractivity contribution is 5.73. The summed E-state index contributed by atoms with van der Waals surface area (Å²) < 4.78 is 0.272. The number of aromatic nitrogens is 2. The molecule has 2 unspecified atom stereocenters. The molecule has 1 saturated heterocycles. The van der Waals surface area contributed by atoms with Crippen LogP contribution in [0.25, 0.3) is 0 Å². The molecule has 0 saturated carbocycles. The van der Waals surface area contributed by atoms with Gasteiger partial charge in [-0.2, -0.15) is 0 Å². The lowest BCUT2D eigenvalue weighted by Crippen LogP contribution is -2.60. The number of likely N-dealkylation sites (N-methyl/N-ethyl adjacent to an activating group) is 1. The number of pyridine rings is 2. The predicted octanol–water partition coefficient (Wildman–Crippen LogP) is 2.92. The van der Waals surface area contributed by atoms with Gasteiger partial charge in [-0.05, 0) is 31.3 Å². The summed E-state index contributed by atoms with van der Waals surface area (Å²) in [5, 5.41) is 19.7. The van der Waals surface area contributed by atoms with Gasteiger partial charge in [-0.1, -0.05) is 30.3 Å². The van der Waals surface area contributed by atoms with Crippen molar-refractivity contribution < 1.29 is 15.0 Å². The van der Waals surface area contributed by atoms with E-state index in [1.54, 1.807) is 18.5 Å². The minimum Gasteiger partial charge on any atom is -0.481 e. The number of carbonyl (C=O) groups is 1. The maximum absolute atomic E-state index is 11.7. The molecule has 3 heterocycles. The first-order valence-corrected chi connectivity index (χ1v) is 10.4. The number of carboxylic acids is 1. The third-order valence-electron chi connectivity index (χ3n) is 6.04. The molecule has 31 heavy (non-hydrogen) atoms. The zero-order valence-electron chi connectivity index (χ0n) is 17.6. The quantitative estimate of drug-likeness (QED) is 0.598. The van der Waals surface area contributed by atoms with Crippen molar-refractivity contribution in [2.45, 2.75) is 19.1 Å². The van der Waals surface area contributed by atoms with Crippen molar-refractivity contribution >= 4 is 17.6 Å². The van der Waals surface area contributed by atoms with Crippen molar-refractivity contribution in [2.75, 3.05) is 26.7 Å². The fourth-order valence-electron chi connectivity index (χ4n) is 4.66. The van der Waals surface area contributed by atoms with E-state index in [4.69, 9.17) is 9.97 Å². The number of carboxylic acid groups (broad SMARTS) is 1. The van der Waals surface area contributed by atoms with Crippen molar-refractivity contribution in [1.29, 1.82) is 0 Å². The Labute approximate surface area is 181 Å². The van der Waals surface area contributed by atoms with Crippen LogP contribution in [0.4, 0.5) is 11.6 Å². The van der Waals surface area contributed by atoms with E-state index in [-0.39, 0.29) is 23.6 Å². The molecule has 1 aliphatic rings. The molecule has 1 aliphatic heterocycles.